The number of carbonyl (C=O) groups is 1. The highest BCUT2D eigenvalue weighted by molar-refractivity contribution is 5.96. The molecule has 4 aromatic rings. The fourth-order valence-corrected chi connectivity index (χ4v) is 7.29. The topological polar surface area (TPSA) is 99.2 Å². The van der Waals surface area contributed by atoms with E-state index in [-0.39, 0.29) is 17.1 Å². The maximum absolute atomic E-state index is 14.0. The molecule has 0 saturated carbocycles. The van der Waals surface area contributed by atoms with Gasteiger partial charge < -0.3 is 19.3 Å². The van der Waals surface area contributed by atoms with Gasteiger partial charge in [-0.15, -0.1) is 0 Å². The molecular formula is C33H32FN7O3. The van der Waals surface area contributed by atoms with Crippen LogP contribution in [0.5, 0.6) is 5.75 Å². The minimum atomic E-state index is -0.354. The number of rotatable bonds is 7. The number of nitrogens with zero attached hydrogens (tertiary/aromatic N) is 7. The van der Waals surface area contributed by atoms with E-state index in [1.54, 1.807) is 34.7 Å². The van der Waals surface area contributed by atoms with Gasteiger partial charge in [0.15, 0.2) is 0 Å². The van der Waals surface area contributed by atoms with E-state index in [2.05, 4.69) is 21.0 Å². The molecule has 0 N–H and O–H groups in total. The Balaban J connectivity index is 0.938. The van der Waals surface area contributed by atoms with Gasteiger partial charge in [0.2, 0.25) is 0 Å². The zero-order valence-electron chi connectivity index (χ0n) is 24.4. The molecule has 10 nitrogen and oxygen atoms in total. The summed E-state index contributed by atoms with van der Waals surface area (Å²) in [5.74, 6) is 1.09. The second-order valence-electron chi connectivity index (χ2n) is 12.6. The van der Waals surface area contributed by atoms with Gasteiger partial charge in [-0.3, -0.25) is 9.69 Å². The van der Waals surface area contributed by atoms with Crippen molar-refractivity contribution in [3.05, 3.63) is 77.5 Å². The molecule has 7 heterocycles. The van der Waals surface area contributed by atoms with Crippen LogP contribution in [0.3, 0.4) is 0 Å². The highest BCUT2D eigenvalue weighted by Gasteiger charge is 2.53. The van der Waals surface area contributed by atoms with Gasteiger partial charge in [-0.05, 0) is 49.2 Å². The second kappa shape index (κ2) is 10.3. The lowest BCUT2D eigenvalue weighted by molar-refractivity contribution is -0.0108. The van der Waals surface area contributed by atoms with Crippen molar-refractivity contribution < 1.29 is 18.7 Å². The van der Waals surface area contributed by atoms with Gasteiger partial charge in [0.1, 0.15) is 30.1 Å². The SMILES string of the molecule is Cc1c(F)cccc1C(=O)N1CC2(C1)CN(c1ccc(-c3cc(OCCN4CC5C[C@H]4CO5)cn4ncc(C#N)c34)cn1)C2. The number of amides is 1. The molecule has 1 aromatic carbocycles. The van der Waals surface area contributed by atoms with Crippen LogP contribution in [0.15, 0.2) is 55.0 Å². The molecular weight excluding hydrogens is 561 g/mol. The first-order valence-electron chi connectivity index (χ1n) is 15.1. The van der Waals surface area contributed by atoms with Crippen LogP contribution in [-0.2, 0) is 4.74 Å². The van der Waals surface area contributed by atoms with Crippen molar-refractivity contribution in [1.82, 2.24) is 24.4 Å². The number of morpholine rings is 1. The molecule has 1 unspecified atom stereocenters. The molecule has 1 amide bonds. The summed E-state index contributed by atoms with van der Waals surface area (Å²) in [5, 5.41) is 14.2. The first-order chi connectivity index (χ1) is 21.4. The first kappa shape index (κ1) is 27.0. The number of pyridine rings is 2. The molecule has 4 fully saturated rings. The van der Waals surface area contributed by atoms with E-state index in [1.807, 2.05) is 30.6 Å². The van der Waals surface area contributed by atoms with Gasteiger partial charge >= 0.3 is 0 Å². The number of carbonyl (C=O) groups excluding carboxylic acids is 1. The summed E-state index contributed by atoms with van der Waals surface area (Å²) in [4.78, 5) is 24.1. The Bertz CT molecular complexity index is 1800. The lowest BCUT2D eigenvalue weighted by Crippen LogP contribution is -2.73. The van der Waals surface area contributed by atoms with Crippen molar-refractivity contribution in [3.8, 4) is 22.9 Å². The molecule has 11 heteroatoms. The number of benzene rings is 1. The fraction of sp³-hybridized carbons (Fsp3) is 0.394. The zero-order valence-corrected chi connectivity index (χ0v) is 24.4. The third-order valence-electron chi connectivity index (χ3n) is 9.64. The highest BCUT2D eigenvalue weighted by atomic mass is 19.1. The van der Waals surface area contributed by atoms with E-state index >= 15 is 0 Å². The molecule has 4 aliphatic rings. The Morgan fingerprint density at radius 3 is 2.80 bits per heavy atom. The van der Waals surface area contributed by atoms with Crippen LogP contribution in [0.2, 0.25) is 0 Å². The van der Waals surface area contributed by atoms with Crippen LogP contribution >= 0.6 is 0 Å². The van der Waals surface area contributed by atoms with Gasteiger partial charge in [0.05, 0.1) is 36.2 Å². The predicted molar refractivity (Wildman–Crippen MR) is 160 cm³/mol. The van der Waals surface area contributed by atoms with Gasteiger partial charge in [-0.1, -0.05) is 6.07 Å². The van der Waals surface area contributed by atoms with E-state index in [9.17, 15) is 14.4 Å². The highest BCUT2D eigenvalue weighted by Crippen LogP contribution is 2.42. The van der Waals surface area contributed by atoms with Gasteiger partial charge in [-0.25, -0.2) is 13.9 Å². The Kier molecular flexibility index (Phi) is 6.32. The number of fused-ring (bicyclic) bond motifs is 3. The first-order valence-corrected chi connectivity index (χ1v) is 15.1. The summed E-state index contributed by atoms with van der Waals surface area (Å²) in [6.45, 7) is 7.75. The summed E-state index contributed by atoms with van der Waals surface area (Å²) >= 11 is 0. The van der Waals surface area contributed by atoms with E-state index in [1.165, 1.54) is 6.07 Å². The van der Waals surface area contributed by atoms with Crippen molar-refractivity contribution in [1.29, 1.82) is 5.26 Å². The smallest absolute Gasteiger partial charge is 0.254 e. The van der Waals surface area contributed by atoms with Crippen molar-refractivity contribution >= 4 is 17.2 Å². The van der Waals surface area contributed by atoms with Crippen molar-refractivity contribution in [2.24, 2.45) is 5.41 Å². The maximum Gasteiger partial charge on any atom is 0.254 e. The molecule has 2 bridgehead atoms. The molecule has 1 spiro atoms. The number of nitriles is 1. The third-order valence-corrected chi connectivity index (χ3v) is 9.64. The molecule has 0 radical (unpaired) electrons. The second-order valence-corrected chi connectivity index (χ2v) is 12.6. The predicted octanol–water partition coefficient (Wildman–Crippen LogP) is 3.53. The Hall–Kier alpha value is -4.53. The van der Waals surface area contributed by atoms with E-state index in [4.69, 9.17) is 14.5 Å². The van der Waals surface area contributed by atoms with E-state index in [0.29, 0.717) is 54.3 Å². The number of ether oxygens (including phenoxy) is 2. The van der Waals surface area contributed by atoms with E-state index < -0.39 is 0 Å². The van der Waals surface area contributed by atoms with Crippen LogP contribution in [0.1, 0.15) is 27.9 Å². The van der Waals surface area contributed by atoms with Crippen LogP contribution in [0, 0.1) is 29.5 Å². The Labute approximate surface area is 254 Å². The van der Waals surface area contributed by atoms with Crippen molar-refractivity contribution in [2.75, 3.05) is 57.4 Å². The summed E-state index contributed by atoms with van der Waals surface area (Å²) in [5.41, 5.74) is 3.81. The Morgan fingerprint density at radius 2 is 2.07 bits per heavy atom. The minimum absolute atomic E-state index is 0.0516. The molecule has 224 valence electrons. The molecule has 4 aliphatic heterocycles. The lowest BCUT2D eigenvalue weighted by Gasteiger charge is -2.60. The van der Waals surface area contributed by atoms with Crippen LogP contribution in [0.25, 0.3) is 16.6 Å². The fourth-order valence-electron chi connectivity index (χ4n) is 7.29. The van der Waals surface area contributed by atoms with Gasteiger partial charge in [-0.2, -0.15) is 10.4 Å². The van der Waals surface area contributed by atoms with Crippen LogP contribution in [0.4, 0.5) is 10.2 Å². The van der Waals surface area contributed by atoms with E-state index in [0.717, 1.165) is 61.7 Å². The van der Waals surface area contributed by atoms with Crippen molar-refractivity contribution in [3.63, 3.8) is 0 Å². The summed E-state index contributed by atoms with van der Waals surface area (Å²) < 4.78 is 27.6. The zero-order chi connectivity index (χ0) is 30.0. The number of anilines is 1. The number of hydrogen-bond acceptors (Lipinski definition) is 8. The number of hydrogen-bond donors (Lipinski definition) is 0. The Morgan fingerprint density at radius 1 is 1.20 bits per heavy atom. The molecule has 44 heavy (non-hydrogen) atoms. The number of likely N-dealkylation sites (tertiary alicyclic amines) is 2. The lowest BCUT2D eigenvalue weighted by atomic mass is 9.72. The molecule has 2 atom stereocenters. The number of halogens is 1. The average Bonchev–Trinajstić information content (AvgIpc) is 3.73. The third kappa shape index (κ3) is 4.48. The summed E-state index contributed by atoms with van der Waals surface area (Å²) in [7, 11) is 0. The van der Waals surface area contributed by atoms with Crippen LogP contribution in [-0.4, -0.2) is 94.9 Å². The maximum atomic E-state index is 14.0. The summed E-state index contributed by atoms with van der Waals surface area (Å²) in [6, 6.07) is 13.4. The normalized spacial score (nSPS) is 21.8. The minimum Gasteiger partial charge on any atom is -0.491 e. The average molecular weight is 594 g/mol. The van der Waals surface area contributed by atoms with Crippen LogP contribution < -0.4 is 9.64 Å². The molecule has 4 saturated heterocycles. The van der Waals surface area contributed by atoms with Gasteiger partial charge in [0, 0.05) is 73.6 Å². The van der Waals surface area contributed by atoms with Gasteiger partial charge in [0.25, 0.3) is 5.91 Å². The number of aromatic nitrogens is 3. The molecule has 0 aliphatic carbocycles. The summed E-state index contributed by atoms with van der Waals surface area (Å²) in [6.07, 6.45) is 6.70. The quantitative estimate of drug-likeness (QED) is 0.321. The standard InChI is InChI=1S/C33H32FN7O3/c1-21-27(3-2-4-29(21)34)32(42)40-19-33(20-40)17-39(18-33)30-6-5-22(12-36-30)28-10-26(15-41-31(28)23(11-35)13-37-41)43-8-7-38-14-25-9-24(38)16-44-25/h2-6,10,12-13,15,24-25H,7-9,14,16-20H2,1H3/t24-,25?/m0/s1. The molecule has 3 aromatic heterocycles. The molecule has 8 rings (SSSR count). The van der Waals surface area contributed by atoms with Crippen molar-refractivity contribution in [2.45, 2.75) is 25.5 Å². The monoisotopic (exact) mass is 593 g/mol. The largest absolute Gasteiger partial charge is 0.491 e.